The molecule has 3 atom stereocenters. The van der Waals surface area contributed by atoms with Crippen molar-refractivity contribution in [2.75, 3.05) is 52.8 Å². The van der Waals surface area contributed by atoms with Gasteiger partial charge in [0, 0.05) is 51.6 Å². The van der Waals surface area contributed by atoms with Crippen LogP contribution in [0.2, 0.25) is 0 Å². The number of nitrogens with one attached hydrogen (secondary N) is 1. The first-order chi connectivity index (χ1) is 17.8. The molecule has 1 aliphatic heterocycles. The van der Waals surface area contributed by atoms with Gasteiger partial charge in [-0.25, -0.2) is 0 Å². The molecule has 1 saturated carbocycles. The van der Waals surface area contributed by atoms with Crippen LogP contribution in [-0.2, 0) is 4.74 Å². The minimum Gasteiger partial charge on any atom is -0.496 e. The van der Waals surface area contributed by atoms with Crippen LogP contribution in [0.5, 0.6) is 11.5 Å². The van der Waals surface area contributed by atoms with Crippen LogP contribution in [0.1, 0.15) is 47.4 Å². The summed E-state index contributed by atoms with van der Waals surface area (Å²) >= 11 is 0. The highest BCUT2D eigenvalue weighted by Gasteiger charge is 2.31. The lowest BCUT2D eigenvalue weighted by Crippen LogP contribution is -2.47. The molecule has 0 unspecified atom stereocenters. The molecule has 200 valence electrons. The minimum absolute atomic E-state index is 0.0777. The Labute approximate surface area is 219 Å². The second-order valence-corrected chi connectivity index (χ2v) is 10.4. The number of methoxy groups -OCH3 is 2. The third-order valence-electron chi connectivity index (χ3n) is 7.37. The summed E-state index contributed by atoms with van der Waals surface area (Å²) in [7, 11) is 5.04. The lowest BCUT2D eigenvalue weighted by Gasteiger charge is -2.36. The molecule has 2 aliphatic rings. The molecule has 0 bridgehead atoms. The van der Waals surface area contributed by atoms with Crippen molar-refractivity contribution >= 4 is 17.5 Å². The van der Waals surface area contributed by atoms with Crippen LogP contribution in [0.15, 0.2) is 42.5 Å². The molecule has 1 aliphatic carbocycles. The van der Waals surface area contributed by atoms with Gasteiger partial charge < -0.3 is 24.4 Å². The number of anilines is 1. The first kappa shape index (κ1) is 26.9. The maximum Gasteiger partial charge on any atom is 0.259 e. The summed E-state index contributed by atoms with van der Waals surface area (Å²) in [5.41, 5.74) is 1.43. The van der Waals surface area contributed by atoms with Crippen molar-refractivity contribution in [3.8, 4) is 11.5 Å². The van der Waals surface area contributed by atoms with Crippen molar-refractivity contribution in [1.82, 2.24) is 9.80 Å². The van der Waals surface area contributed by atoms with Crippen molar-refractivity contribution in [2.24, 2.45) is 11.8 Å². The second kappa shape index (κ2) is 12.0. The van der Waals surface area contributed by atoms with Crippen LogP contribution in [0.4, 0.5) is 5.69 Å². The van der Waals surface area contributed by atoms with E-state index < -0.39 is 0 Å². The van der Waals surface area contributed by atoms with Crippen LogP contribution in [-0.4, -0.2) is 81.3 Å². The molecule has 8 heteroatoms. The molecule has 2 aromatic carbocycles. The van der Waals surface area contributed by atoms with E-state index in [1.807, 2.05) is 6.07 Å². The van der Waals surface area contributed by atoms with Gasteiger partial charge in [0.1, 0.15) is 18.1 Å². The van der Waals surface area contributed by atoms with E-state index in [2.05, 4.69) is 24.1 Å². The van der Waals surface area contributed by atoms with Gasteiger partial charge in [0.2, 0.25) is 0 Å². The zero-order valence-electron chi connectivity index (χ0n) is 22.5. The number of likely N-dealkylation sites (N-methyl/N-ethyl adjacent to an activating group) is 1. The Bertz CT molecular complexity index is 1100. The number of para-hydroxylation sites is 1. The highest BCUT2D eigenvalue weighted by atomic mass is 16.5. The summed E-state index contributed by atoms with van der Waals surface area (Å²) in [6.45, 7) is 7.20. The van der Waals surface area contributed by atoms with E-state index in [4.69, 9.17) is 14.2 Å². The minimum atomic E-state index is -0.296. The van der Waals surface area contributed by atoms with E-state index in [0.717, 1.165) is 19.0 Å². The Kier molecular flexibility index (Phi) is 8.71. The largest absolute Gasteiger partial charge is 0.496 e. The number of benzene rings is 2. The topological polar surface area (TPSA) is 80.3 Å². The molecular formula is C29H39N3O5. The molecule has 4 rings (SSSR count). The average Bonchev–Trinajstić information content (AvgIpc) is 3.73. The zero-order chi connectivity index (χ0) is 26.5. The molecule has 1 fully saturated rings. The molecule has 1 heterocycles. The van der Waals surface area contributed by atoms with E-state index >= 15 is 0 Å². The summed E-state index contributed by atoms with van der Waals surface area (Å²) in [4.78, 5) is 30.6. The predicted molar refractivity (Wildman–Crippen MR) is 144 cm³/mol. The maximum absolute atomic E-state index is 13.4. The maximum atomic E-state index is 13.4. The zero-order valence-corrected chi connectivity index (χ0v) is 22.5. The normalized spacial score (nSPS) is 23.3. The Balaban J connectivity index is 1.61. The standard InChI is InChI=1S/C29H39N3O5/c1-19-15-32(16-21-10-11-21)20(2)18-37-26-14-22(30-28(33)23-8-6-7-9-25(23)35-4)12-13-24(26)29(34)31(3)17-27(19)36-5/h6-9,12-14,19-21,27H,10-11,15-18H2,1-5H3,(H,30,33)/t19-,20-,27-/m0/s1. The Morgan fingerprint density at radius 3 is 2.57 bits per heavy atom. The number of nitrogens with zero attached hydrogens (tertiary/aromatic N) is 2. The first-order valence-electron chi connectivity index (χ1n) is 13.0. The third kappa shape index (κ3) is 6.62. The summed E-state index contributed by atoms with van der Waals surface area (Å²) < 4.78 is 17.4. The van der Waals surface area contributed by atoms with Crippen molar-refractivity contribution in [2.45, 2.75) is 38.8 Å². The van der Waals surface area contributed by atoms with Gasteiger partial charge in [-0.15, -0.1) is 0 Å². The Morgan fingerprint density at radius 2 is 1.86 bits per heavy atom. The van der Waals surface area contributed by atoms with Crippen LogP contribution in [0, 0.1) is 11.8 Å². The van der Waals surface area contributed by atoms with Gasteiger partial charge in [-0.05, 0) is 55.9 Å². The number of rotatable bonds is 6. The van der Waals surface area contributed by atoms with Gasteiger partial charge in [-0.1, -0.05) is 19.1 Å². The van der Waals surface area contributed by atoms with Crippen molar-refractivity contribution in [3.05, 3.63) is 53.6 Å². The van der Waals surface area contributed by atoms with E-state index in [-0.39, 0.29) is 29.9 Å². The molecule has 0 aromatic heterocycles. The van der Waals surface area contributed by atoms with Crippen LogP contribution in [0.3, 0.4) is 0 Å². The monoisotopic (exact) mass is 509 g/mol. The molecule has 8 nitrogen and oxygen atoms in total. The quantitative estimate of drug-likeness (QED) is 0.630. The number of hydrogen-bond donors (Lipinski definition) is 1. The lowest BCUT2D eigenvalue weighted by molar-refractivity contribution is 0.00994. The van der Waals surface area contributed by atoms with Crippen LogP contribution < -0.4 is 14.8 Å². The SMILES string of the molecule is COc1ccccc1C(=O)Nc1ccc2c(c1)OC[C@H](C)N(CC1CC1)C[C@H](C)[C@@H](OC)CN(C)C2=O. The smallest absolute Gasteiger partial charge is 0.259 e. The average molecular weight is 510 g/mol. The molecule has 0 spiro atoms. The summed E-state index contributed by atoms with van der Waals surface area (Å²) in [5, 5.41) is 2.92. The fourth-order valence-electron chi connectivity index (χ4n) is 4.84. The van der Waals surface area contributed by atoms with Crippen molar-refractivity contribution < 1.29 is 23.8 Å². The highest BCUT2D eigenvalue weighted by molar-refractivity contribution is 6.06. The van der Waals surface area contributed by atoms with E-state index in [1.165, 1.54) is 20.0 Å². The molecule has 37 heavy (non-hydrogen) atoms. The number of fused-ring (bicyclic) bond motifs is 1. The van der Waals surface area contributed by atoms with Crippen LogP contribution in [0.25, 0.3) is 0 Å². The fraction of sp³-hybridized carbons (Fsp3) is 0.517. The first-order valence-corrected chi connectivity index (χ1v) is 13.0. The second-order valence-electron chi connectivity index (χ2n) is 10.4. The van der Waals surface area contributed by atoms with Gasteiger partial charge in [-0.2, -0.15) is 0 Å². The Morgan fingerprint density at radius 1 is 1.11 bits per heavy atom. The van der Waals surface area contributed by atoms with Crippen molar-refractivity contribution in [3.63, 3.8) is 0 Å². The van der Waals surface area contributed by atoms with E-state index in [9.17, 15) is 9.59 Å². The summed E-state index contributed by atoms with van der Waals surface area (Å²) in [6, 6.07) is 12.4. The number of hydrogen-bond acceptors (Lipinski definition) is 6. The predicted octanol–water partition coefficient (Wildman–Crippen LogP) is 4.16. The van der Waals surface area contributed by atoms with Gasteiger partial charge >= 0.3 is 0 Å². The van der Waals surface area contributed by atoms with Gasteiger partial charge in [-0.3, -0.25) is 14.5 Å². The molecule has 0 saturated heterocycles. The van der Waals surface area contributed by atoms with Crippen LogP contribution >= 0.6 is 0 Å². The summed E-state index contributed by atoms with van der Waals surface area (Å²) in [5.74, 6) is 1.51. The van der Waals surface area contributed by atoms with Gasteiger partial charge in [0.25, 0.3) is 11.8 Å². The van der Waals surface area contributed by atoms with Gasteiger partial charge in [0.05, 0.1) is 24.3 Å². The van der Waals surface area contributed by atoms with E-state index in [1.54, 1.807) is 55.5 Å². The molecule has 2 amide bonds. The molecule has 1 N–H and O–H groups in total. The summed E-state index contributed by atoms with van der Waals surface area (Å²) in [6.07, 6.45) is 2.48. The third-order valence-corrected chi connectivity index (χ3v) is 7.37. The molecule has 0 radical (unpaired) electrons. The lowest BCUT2D eigenvalue weighted by atomic mass is 10.0. The highest BCUT2D eigenvalue weighted by Crippen LogP contribution is 2.32. The number of carbonyl (C=O) groups is 2. The van der Waals surface area contributed by atoms with E-state index in [0.29, 0.717) is 41.5 Å². The Hall–Kier alpha value is -3.10. The number of ether oxygens (including phenoxy) is 3. The molecular weight excluding hydrogens is 470 g/mol. The number of amides is 2. The van der Waals surface area contributed by atoms with Gasteiger partial charge in [0.15, 0.2) is 0 Å². The molecule has 2 aromatic rings. The number of carbonyl (C=O) groups excluding carboxylic acids is 2. The van der Waals surface area contributed by atoms with Crippen molar-refractivity contribution in [1.29, 1.82) is 0 Å². The fourth-order valence-corrected chi connectivity index (χ4v) is 4.84.